The quantitative estimate of drug-likeness (QED) is 0.405. The van der Waals surface area contributed by atoms with Crippen LogP contribution in [0.15, 0.2) is 11.6 Å². The largest absolute Gasteiger partial charge is 0.393 e. The Morgan fingerprint density at radius 3 is 2.30 bits per heavy atom. The van der Waals surface area contributed by atoms with Crippen molar-refractivity contribution in [2.45, 2.75) is 112 Å². The second kappa shape index (κ2) is 6.61. The van der Waals surface area contributed by atoms with Crippen molar-refractivity contribution in [2.75, 3.05) is 0 Å². The van der Waals surface area contributed by atoms with Crippen LogP contribution in [0.3, 0.4) is 0 Å². The predicted molar refractivity (Wildman–Crippen MR) is 126 cm³/mol. The first-order chi connectivity index (χ1) is 13.9. The topological polar surface area (TPSA) is 20.2 Å². The third kappa shape index (κ3) is 2.63. The van der Waals surface area contributed by atoms with Gasteiger partial charge < -0.3 is 5.11 Å². The number of allylic oxidation sites excluding steroid dienone is 2. The summed E-state index contributed by atoms with van der Waals surface area (Å²) >= 11 is 0. The molecule has 0 aromatic heterocycles. The van der Waals surface area contributed by atoms with Gasteiger partial charge >= 0.3 is 0 Å². The normalized spacial score (nSPS) is 57.3. The fraction of sp³-hybridized carbons (Fsp3) is 0.931. The standard InChI is InChI=1S/C29H48O/c1-18-12-14-27(5)16-17-28(6)20-10-11-23-26(3,4)24(30)13-15-29(23,7)21(20)8-9-22(28)25(27)19(18)2/h9,18-21,23-25,30H,8,10-17H2,1-7H3. The molecule has 0 bridgehead atoms. The van der Waals surface area contributed by atoms with E-state index in [0.29, 0.717) is 22.2 Å². The van der Waals surface area contributed by atoms with E-state index in [4.69, 9.17) is 0 Å². The summed E-state index contributed by atoms with van der Waals surface area (Å²) in [6.45, 7) is 17.8. The molecule has 10 unspecified atom stereocenters. The molecule has 0 spiro atoms. The third-order valence-corrected chi connectivity index (χ3v) is 12.6. The number of hydrogen-bond acceptors (Lipinski definition) is 1. The molecule has 1 heteroatoms. The zero-order chi connectivity index (χ0) is 21.7. The molecule has 5 rings (SSSR count). The SMILES string of the molecule is CC1CCC2(C)CCC3(C)C(=CCC4C3CCC3C(C)(C)C(O)CCC43C)C2C1C. The van der Waals surface area contributed by atoms with Crippen LogP contribution in [0.2, 0.25) is 0 Å². The zero-order valence-electron chi connectivity index (χ0n) is 20.9. The van der Waals surface area contributed by atoms with Crippen molar-refractivity contribution in [1.29, 1.82) is 0 Å². The van der Waals surface area contributed by atoms with E-state index in [-0.39, 0.29) is 11.5 Å². The van der Waals surface area contributed by atoms with Crippen LogP contribution in [0.5, 0.6) is 0 Å². The molecule has 30 heavy (non-hydrogen) atoms. The first-order valence-electron chi connectivity index (χ1n) is 13.3. The molecule has 5 aliphatic rings. The highest BCUT2D eigenvalue weighted by Crippen LogP contribution is 2.71. The van der Waals surface area contributed by atoms with Crippen LogP contribution < -0.4 is 0 Å². The number of fused-ring (bicyclic) bond motifs is 7. The van der Waals surface area contributed by atoms with Crippen molar-refractivity contribution in [1.82, 2.24) is 0 Å². The lowest BCUT2D eigenvalue weighted by Crippen LogP contribution is -2.60. The summed E-state index contributed by atoms with van der Waals surface area (Å²) in [5.41, 5.74) is 3.34. The summed E-state index contributed by atoms with van der Waals surface area (Å²) in [6.07, 6.45) is 14.7. The molecule has 4 fully saturated rings. The van der Waals surface area contributed by atoms with Gasteiger partial charge in [-0.3, -0.25) is 0 Å². The molecule has 1 nitrogen and oxygen atoms in total. The van der Waals surface area contributed by atoms with Crippen LogP contribution in [0.4, 0.5) is 0 Å². The van der Waals surface area contributed by atoms with Crippen LogP contribution in [0.25, 0.3) is 0 Å². The van der Waals surface area contributed by atoms with Gasteiger partial charge in [0.25, 0.3) is 0 Å². The average molecular weight is 413 g/mol. The summed E-state index contributed by atoms with van der Waals surface area (Å²) in [5, 5.41) is 10.8. The fourth-order valence-corrected chi connectivity index (χ4v) is 10.4. The van der Waals surface area contributed by atoms with Crippen LogP contribution in [-0.2, 0) is 0 Å². The Kier molecular flexibility index (Phi) is 4.75. The molecule has 10 atom stereocenters. The van der Waals surface area contributed by atoms with Gasteiger partial charge in [-0.05, 0) is 115 Å². The lowest BCUT2D eigenvalue weighted by Gasteiger charge is -2.67. The molecule has 0 aliphatic heterocycles. The highest BCUT2D eigenvalue weighted by atomic mass is 16.3. The van der Waals surface area contributed by atoms with E-state index < -0.39 is 0 Å². The molecule has 0 heterocycles. The third-order valence-electron chi connectivity index (χ3n) is 12.6. The van der Waals surface area contributed by atoms with E-state index in [1.165, 1.54) is 51.4 Å². The van der Waals surface area contributed by atoms with E-state index in [2.05, 4.69) is 54.5 Å². The lowest BCUT2D eigenvalue weighted by atomic mass is 9.38. The Morgan fingerprint density at radius 1 is 0.833 bits per heavy atom. The summed E-state index contributed by atoms with van der Waals surface area (Å²) in [5.74, 6) is 4.88. The Bertz CT molecular complexity index is 735. The van der Waals surface area contributed by atoms with Crippen LogP contribution in [-0.4, -0.2) is 11.2 Å². The van der Waals surface area contributed by atoms with Gasteiger partial charge in [0.2, 0.25) is 0 Å². The minimum atomic E-state index is -0.114. The van der Waals surface area contributed by atoms with Gasteiger partial charge in [0.05, 0.1) is 6.10 Å². The van der Waals surface area contributed by atoms with Crippen LogP contribution >= 0.6 is 0 Å². The van der Waals surface area contributed by atoms with E-state index in [0.717, 1.165) is 36.0 Å². The van der Waals surface area contributed by atoms with Crippen molar-refractivity contribution >= 4 is 0 Å². The van der Waals surface area contributed by atoms with Crippen molar-refractivity contribution in [3.8, 4) is 0 Å². The van der Waals surface area contributed by atoms with E-state index >= 15 is 0 Å². The molecule has 0 aromatic rings. The highest BCUT2D eigenvalue weighted by Gasteiger charge is 2.63. The van der Waals surface area contributed by atoms with Crippen molar-refractivity contribution < 1.29 is 5.11 Å². The molecule has 0 aromatic carbocycles. The monoisotopic (exact) mass is 412 g/mol. The molecule has 0 radical (unpaired) electrons. The van der Waals surface area contributed by atoms with Gasteiger partial charge in [-0.2, -0.15) is 0 Å². The number of aliphatic hydroxyl groups excluding tert-OH is 1. The van der Waals surface area contributed by atoms with Gasteiger partial charge in [-0.25, -0.2) is 0 Å². The van der Waals surface area contributed by atoms with Gasteiger partial charge in [0, 0.05) is 0 Å². The van der Waals surface area contributed by atoms with Crippen molar-refractivity contribution in [3.63, 3.8) is 0 Å². The second-order valence-corrected chi connectivity index (χ2v) is 14.0. The van der Waals surface area contributed by atoms with Gasteiger partial charge in [0.1, 0.15) is 0 Å². The van der Waals surface area contributed by atoms with Gasteiger partial charge in [-0.15, -0.1) is 0 Å². The fourth-order valence-electron chi connectivity index (χ4n) is 10.4. The second-order valence-electron chi connectivity index (χ2n) is 14.0. The Balaban J connectivity index is 1.54. The van der Waals surface area contributed by atoms with Gasteiger partial charge in [-0.1, -0.05) is 60.1 Å². The minimum Gasteiger partial charge on any atom is -0.393 e. The van der Waals surface area contributed by atoms with E-state index in [1.54, 1.807) is 0 Å². The van der Waals surface area contributed by atoms with Gasteiger partial charge in [0.15, 0.2) is 0 Å². The van der Waals surface area contributed by atoms with E-state index in [1.807, 2.05) is 5.57 Å². The molecule has 4 saturated carbocycles. The maximum absolute atomic E-state index is 10.8. The number of hydrogen-bond donors (Lipinski definition) is 1. The molecule has 170 valence electrons. The molecule has 0 saturated heterocycles. The molecular weight excluding hydrogens is 364 g/mol. The Labute approximate surface area is 186 Å². The van der Waals surface area contributed by atoms with Crippen LogP contribution in [0.1, 0.15) is 106 Å². The van der Waals surface area contributed by atoms with E-state index in [9.17, 15) is 5.11 Å². The Morgan fingerprint density at radius 2 is 1.57 bits per heavy atom. The summed E-state index contributed by atoms with van der Waals surface area (Å²) in [7, 11) is 0. The zero-order valence-corrected chi connectivity index (χ0v) is 20.9. The highest BCUT2D eigenvalue weighted by molar-refractivity contribution is 5.31. The maximum atomic E-state index is 10.8. The average Bonchev–Trinajstić information content (AvgIpc) is 2.69. The first-order valence-corrected chi connectivity index (χ1v) is 13.3. The summed E-state index contributed by atoms with van der Waals surface area (Å²) in [6, 6.07) is 0. The summed E-state index contributed by atoms with van der Waals surface area (Å²) < 4.78 is 0. The Hall–Kier alpha value is -0.300. The predicted octanol–water partition coefficient (Wildman–Crippen LogP) is 7.63. The molecular formula is C29H48O. The number of aliphatic hydroxyl groups is 1. The number of rotatable bonds is 0. The van der Waals surface area contributed by atoms with Crippen molar-refractivity contribution in [2.24, 2.45) is 57.2 Å². The smallest absolute Gasteiger partial charge is 0.0594 e. The minimum absolute atomic E-state index is 0.0708. The molecule has 0 amide bonds. The van der Waals surface area contributed by atoms with Crippen molar-refractivity contribution in [3.05, 3.63) is 11.6 Å². The maximum Gasteiger partial charge on any atom is 0.0594 e. The lowest BCUT2D eigenvalue weighted by molar-refractivity contribution is -0.171. The first kappa shape index (κ1) is 21.5. The van der Waals surface area contributed by atoms with Crippen LogP contribution in [0, 0.1) is 57.2 Å². The summed E-state index contributed by atoms with van der Waals surface area (Å²) in [4.78, 5) is 0. The molecule has 1 N–H and O–H groups in total. The molecule has 5 aliphatic carbocycles.